The molecule has 0 saturated carbocycles. The van der Waals surface area contributed by atoms with Gasteiger partial charge >= 0.3 is 7.60 Å². The standard InChI is InChI=1S/C16H27O4P/c1-4-19-21(17,20-5-2)15(3)11-9-10-14-18-16-12-7-6-8-13-16/h6-8,12-13,15H,4-5,9-11,14H2,1-3H3. The van der Waals surface area contributed by atoms with Gasteiger partial charge in [0.25, 0.3) is 0 Å². The van der Waals surface area contributed by atoms with Crippen molar-refractivity contribution in [2.24, 2.45) is 0 Å². The predicted molar refractivity (Wildman–Crippen MR) is 86.1 cm³/mol. The molecule has 4 nitrogen and oxygen atoms in total. The van der Waals surface area contributed by atoms with Gasteiger partial charge in [-0.15, -0.1) is 0 Å². The van der Waals surface area contributed by atoms with Crippen molar-refractivity contribution in [2.45, 2.75) is 45.7 Å². The summed E-state index contributed by atoms with van der Waals surface area (Å²) in [5, 5.41) is 0. The van der Waals surface area contributed by atoms with Crippen molar-refractivity contribution in [1.82, 2.24) is 0 Å². The van der Waals surface area contributed by atoms with Crippen molar-refractivity contribution in [1.29, 1.82) is 0 Å². The number of benzene rings is 1. The first kappa shape index (κ1) is 18.2. The van der Waals surface area contributed by atoms with Gasteiger partial charge in [-0.1, -0.05) is 25.1 Å². The molecule has 5 heteroatoms. The molecular weight excluding hydrogens is 287 g/mol. The molecule has 0 fully saturated rings. The van der Waals surface area contributed by atoms with Gasteiger partial charge in [-0.25, -0.2) is 0 Å². The van der Waals surface area contributed by atoms with E-state index in [0.717, 1.165) is 25.0 Å². The Morgan fingerprint density at radius 2 is 1.67 bits per heavy atom. The number of rotatable bonds is 11. The van der Waals surface area contributed by atoms with Crippen LogP contribution >= 0.6 is 7.60 Å². The Kier molecular flexibility index (Phi) is 8.67. The summed E-state index contributed by atoms with van der Waals surface area (Å²) in [6.45, 7) is 7.12. The number of unbranched alkanes of at least 4 members (excludes halogenated alkanes) is 1. The molecule has 1 atom stereocenters. The summed E-state index contributed by atoms with van der Waals surface area (Å²) in [6, 6.07) is 9.77. The fraction of sp³-hybridized carbons (Fsp3) is 0.625. The SMILES string of the molecule is CCOP(=O)(OCC)C(C)CCCCOc1ccccc1. The molecule has 0 aliphatic carbocycles. The van der Waals surface area contributed by atoms with Gasteiger partial charge in [0.2, 0.25) is 0 Å². The zero-order valence-corrected chi connectivity index (χ0v) is 14.2. The highest BCUT2D eigenvalue weighted by molar-refractivity contribution is 7.54. The van der Waals surface area contributed by atoms with Crippen LogP contribution in [0.4, 0.5) is 0 Å². The van der Waals surface area contributed by atoms with Gasteiger partial charge in [0, 0.05) is 0 Å². The third kappa shape index (κ3) is 6.64. The number of ether oxygens (including phenoxy) is 1. The van der Waals surface area contributed by atoms with Crippen molar-refractivity contribution in [3.05, 3.63) is 30.3 Å². The molecule has 0 aliphatic rings. The summed E-state index contributed by atoms with van der Waals surface area (Å²) < 4.78 is 28.9. The smallest absolute Gasteiger partial charge is 0.333 e. The quantitative estimate of drug-likeness (QED) is 0.431. The first-order chi connectivity index (χ1) is 10.1. The van der Waals surface area contributed by atoms with Crippen LogP contribution in [0.2, 0.25) is 0 Å². The summed E-state index contributed by atoms with van der Waals surface area (Å²) >= 11 is 0. The van der Waals surface area contributed by atoms with Gasteiger partial charge in [0.05, 0.1) is 25.5 Å². The van der Waals surface area contributed by atoms with Crippen LogP contribution in [-0.2, 0) is 13.6 Å². The topological polar surface area (TPSA) is 44.8 Å². The molecule has 1 aromatic carbocycles. The molecule has 0 aromatic heterocycles. The van der Waals surface area contributed by atoms with Crippen LogP contribution in [0, 0.1) is 0 Å². The molecule has 0 bridgehead atoms. The minimum absolute atomic E-state index is 0.0749. The van der Waals surface area contributed by atoms with E-state index in [2.05, 4.69) is 0 Å². The Bertz CT molecular complexity index is 412. The highest BCUT2D eigenvalue weighted by atomic mass is 31.2. The molecule has 0 aliphatic heterocycles. The van der Waals surface area contributed by atoms with Gasteiger partial charge in [-0.05, 0) is 45.2 Å². The normalized spacial score (nSPS) is 13.1. The Labute approximate surface area is 128 Å². The summed E-state index contributed by atoms with van der Waals surface area (Å²) in [5.41, 5.74) is -0.0749. The maximum Gasteiger partial charge on any atom is 0.333 e. The molecule has 21 heavy (non-hydrogen) atoms. The van der Waals surface area contributed by atoms with E-state index in [9.17, 15) is 4.57 Å². The van der Waals surface area contributed by atoms with Crippen LogP contribution in [0.5, 0.6) is 5.75 Å². The van der Waals surface area contributed by atoms with Gasteiger partial charge in [0.15, 0.2) is 0 Å². The monoisotopic (exact) mass is 314 g/mol. The van der Waals surface area contributed by atoms with Crippen LogP contribution in [0.3, 0.4) is 0 Å². The second-order valence-electron chi connectivity index (χ2n) is 4.88. The fourth-order valence-corrected chi connectivity index (χ4v) is 3.86. The van der Waals surface area contributed by atoms with Crippen LogP contribution in [0.15, 0.2) is 30.3 Å². The maximum absolute atomic E-state index is 12.5. The van der Waals surface area contributed by atoms with E-state index >= 15 is 0 Å². The highest BCUT2D eigenvalue weighted by Crippen LogP contribution is 2.54. The molecule has 1 aromatic rings. The highest BCUT2D eigenvalue weighted by Gasteiger charge is 2.31. The molecular formula is C16H27O4P. The summed E-state index contributed by atoms with van der Waals surface area (Å²) in [7, 11) is -2.96. The van der Waals surface area contributed by atoms with Gasteiger partial charge in [-0.2, -0.15) is 0 Å². The summed E-state index contributed by atoms with van der Waals surface area (Å²) in [6.07, 6.45) is 2.69. The molecule has 0 amide bonds. The minimum atomic E-state index is -2.96. The first-order valence-electron chi connectivity index (χ1n) is 7.69. The molecule has 0 radical (unpaired) electrons. The zero-order chi connectivity index (χ0) is 15.6. The average Bonchev–Trinajstić information content (AvgIpc) is 2.48. The average molecular weight is 314 g/mol. The summed E-state index contributed by atoms with van der Waals surface area (Å²) in [5.74, 6) is 0.889. The van der Waals surface area contributed by atoms with Crippen LogP contribution in [0.1, 0.15) is 40.0 Å². The van der Waals surface area contributed by atoms with Crippen molar-refractivity contribution >= 4 is 7.60 Å². The molecule has 1 unspecified atom stereocenters. The lowest BCUT2D eigenvalue weighted by Crippen LogP contribution is -2.10. The van der Waals surface area contributed by atoms with E-state index in [4.69, 9.17) is 13.8 Å². The lowest BCUT2D eigenvalue weighted by Gasteiger charge is -2.23. The predicted octanol–water partition coefficient (Wildman–Crippen LogP) is 4.89. The largest absolute Gasteiger partial charge is 0.494 e. The zero-order valence-electron chi connectivity index (χ0n) is 13.3. The molecule has 1 rings (SSSR count). The van der Waals surface area contributed by atoms with Crippen molar-refractivity contribution in [3.63, 3.8) is 0 Å². The second kappa shape index (κ2) is 9.99. The Balaban J connectivity index is 2.25. The van der Waals surface area contributed by atoms with Crippen LogP contribution in [0.25, 0.3) is 0 Å². The molecule has 0 N–H and O–H groups in total. The van der Waals surface area contributed by atoms with Crippen LogP contribution in [-0.4, -0.2) is 25.5 Å². The van der Waals surface area contributed by atoms with E-state index in [1.807, 2.05) is 51.1 Å². The van der Waals surface area contributed by atoms with Crippen molar-refractivity contribution < 1.29 is 18.3 Å². The van der Waals surface area contributed by atoms with E-state index < -0.39 is 7.60 Å². The first-order valence-corrected chi connectivity index (χ1v) is 9.30. The van der Waals surface area contributed by atoms with Gasteiger partial charge in [-0.3, -0.25) is 4.57 Å². The maximum atomic E-state index is 12.5. The van der Waals surface area contributed by atoms with E-state index in [1.165, 1.54) is 0 Å². The van der Waals surface area contributed by atoms with Crippen molar-refractivity contribution in [3.8, 4) is 5.75 Å². The number of hydrogen-bond donors (Lipinski definition) is 0. The molecule has 0 saturated heterocycles. The van der Waals surface area contributed by atoms with E-state index in [-0.39, 0.29) is 5.66 Å². The van der Waals surface area contributed by atoms with Gasteiger partial charge in [0.1, 0.15) is 5.75 Å². The van der Waals surface area contributed by atoms with Crippen molar-refractivity contribution in [2.75, 3.05) is 19.8 Å². The summed E-state index contributed by atoms with van der Waals surface area (Å²) in [4.78, 5) is 0. The molecule has 120 valence electrons. The molecule has 0 spiro atoms. The molecule has 0 heterocycles. The van der Waals surface area contributed by atoms with E-state index in [0.29, 0.717) is 19.8 Å². The lowest BCUT2D eigenvalue weighted by atomic mass is 10.2. The fourth-order valence-electron chi connectivity index (χ4n) is 2.06. The van der Waals surface area contributed by atoms with Crippen LogP contribution < -0.4 is 4.74 Å². The minimum Gasteiger partial charge on any atom is -0.494 e. The van der Waals surface area contributed by atoms with Gasteiger partial charge < -0.3 is 13.8 Å². The van der Waals surface area contributed by atoms with E-state index in [1.54, 1.807) is 0 Å². The Morgan fingerprint density at radius 1 is 1.05 bits per heavy atom. The number of hydrogen-bond acceptors (Lipinski definition) is 4. The Morgan fingerprint density at radius 3 is 2.24 bits per heavy atom. The third-order valence-corrected chi connectivity index (χ3v) is 5.76. The second-order valence-corrected chi connectivity index (χ2v) is 7.36. The Hall–Kier alpha value is -0.830. The lowest BCUT2D eigenvalue weighted by molar-refractivity contribution is 0.211. The third-order valence-electron chi connectivity index (χ3n) is 3.19. The number of para-hydroxylation sites is 1.